The highest BCUT2D eigenvalue weighted by Gasteiger charge is 2.31. The Hall–Kier alpha value is -0.570. The van der Waals surface area contributed by atoms with Gasteiger partial charge in [0.25, 0.3) is 0 Å². The van der Waals surface area contributed by atoms with Crippen LogP contribution in [0.3, 0.4) is 0 Å². The Morgan fingerprint density at radius 1 is 1.13 bits per heavy atom. The highest BCUT2D eigenvalue weighted by molar-refractivity contribution is 14.1. The molecule has 0 fully saturated rings. The van der Waals surface area contributed by atoms with E-state index in [9.17, 15) is 0 Å². The van der Waals surface area contributed by atoms with E-state index in [4.69, 9.17) is 0 Å². The van der Waals surface area contributed by atoms with E-state index >= 15 is 0 Å². The third-order valence-corrected chi connectivity index (χ3v) is 4.98. The molecule has 0 aliphatic heterocycles. The average Bonchev–Trinajstić information content (AvgIpc) is 2.23. The first-order valence-electron chi connectivity index (χ1n) is 5.21. The van der Waals surface area contributed by atoms with E-state index in [1.165, 1.54) is 11.1 Å². The van der Waals surface area contributed by atoms with Crippen molar-refractivity contribution in [2.45, 2.75) is 17.8 Å². The second-order valence-corrected chi connectivity index (χ2v) is 5.80. The van der Waals surface area contributed by atoms with Crippen LogP contribution < -0.4 is 0 Å². The Morgan fingerprint density at radius 2 is 1.80 bits per heavy atom. The fourth-order valence-corrected chi connectivity index (χ4v) is 2.51. The van der Waals surface area contributed by atoms with Crippen LogP contribution in [0.1, 0.15) is 19.4 Å². The third kappa shape index (κ3) is 2.03. The van der Waals surface area contributed by atoms with Crippen molar-refractivity contribution in [3.05, 3.63) is 54.1 Å². The number of rotatable bonds is 1. The summed E-state index contributed by atoms with van der Waals surface area (Å²) in [4.78, 5) is 0. The molecule has 15 heavy (non-hydrogen) atoms. The molecule has 1 aromatic carbocycles. The summed E-state index contributed by atoms with van der Waals surface area (Å²) < 4.78 is 0.565. The van der Waals surface area contributed by atoms with Gasteiger partial charge in [-0.25, -0.2) is 0 Å². The van der Waals surface area contributed by atoms with Gasteiger partial charge >= 0.3 is 0 Å². The lowest BCUT2D eigenvalue weighted by molar-refractivity contribution is 0.532. The quantitative estimate of drug-likeness (QED) is 0.530. The maximum Gasteiger partial charge on any atom is 0.0384 e. The van der Waals surface area contributed by atoms with E-state index < -0.39 is 0 Å². The SMILES string of the molecule is CC1(C)C(c2ccccc2)=CC=CC1I. The number of halogens is 1. The lowest BCUT2D eigenvalue weighted by Gasteiger charge is -2.34. The summed E-state index contributed by atoms with van der Waals surface area (Å²) in [7, 11) is 0. The lowest BCUT2D eigenvalue weighted by Crippen LogP contribution is -2.26. The predicted molar refractivity (Wildman–Crippen MR) is 75.1 cm³/mol. The van der Waals surface area contributed by atoms with Gasteiger partial charge < -0.3 is 0 Å². The minimum atomic E-state index is 0.219. The smallest absolute Gasteiger partial charge is 0.0384 e. The van der Waals surface area contributed by atoms with Crippen LogP contribution in [-0.2, 0) is 0 Å². The maximum atomic E-state index is 2.51. The minimum absolute atomic E-state index is 0.219. The van der Waals surface area contributed by atoms with Gasteiger partial charge in [-0.2, -0.15) is 0 Å². The Bertz CT molecular complexity index is 399. The van der Waals surface area contributed by atoms with Gasteiger partial charge in [0.05, 0.1) is 0 Å². The predicted octanol–water partition coefficient (Wildman–Crippen LogP) is 4.47. The van der Waals surface area contributed by atoms with Crippen molar-refractivity contribution in [1.82, 2.24) is 0 Å². The molecule has 0 nitrogen and oxygen atoms in total. The molecule has 1 aliphatic rings. The van der Waals surface area contributed by atoms with Crippen LogP contribution in [0.4, 0.5) is 0 Å². The van der Waals surface area contributed by atoms with Crippen LogP contribution in [0.5, 0.6) is 0 Å². The van der Waals surface area contributed by atoms with Crippen LogP contribution in [-0.4, -0.2) is 3.92 Å². The van der Waals surface area contributed by atoms with E-state index in [1.807, 2.05) is 0 Å². The van der Waals surface area contributed by atoms with Crippen molar-refractivity contribution in [3.63, 3.8) is 0 Å². The van der Waals surface area contributed by atoms with Gasteiger partial charge in [0, 0.05) is 9.34 Å². The second kappa shape index (κ2) is 4.12. The fraction of sp³-hybridized carbons (Fsp3) is 0.286. The summed E-state index contributed by atoms with van der Waals surface area (Å²) in [5, 5.41) is 0. The molecule has 78 valence electrons. The molecule has 0 aromatic heterocycles. The molecular weight excluding hydrogens is 295 g/mol. The fourth-order valence-electron chi connectivity index (χ4n) is 1.94. The maximum absolute atomic E-state index is 2.51. The summed E-state index contributed by atoms with van der Waals surface area (Å²) in [5.41, 5.74) is 3.00. The topological polar surface area (TPSA) is 0 Å². The van der Waals surface area contributed by atoms with E-state index in [1.54, 1.807) is 0 Å². The molecule has 0 saturated heterocycles. The molecule has 0 radical (unpaired) electrons. The number of hydrogen-bond acceptors (Lipinski definition) is 0. The summed E-state index contributed by atoms with van der Waals surface area (Å²) in [6.45, 7) is 4.62. The van der Waals surface area contributed by atoms with E-state index in [0.717, 1.165) is 0 Å². The summed E-state index contributed by atoms with van der Waals surface area (Å²) in [6, 6.07) is 10.7. The van der Waals surface area contributed by atoms with Gasteiger partial charge in [0.2, 0.25) is 0 Å². The van der Waals surface area contributed by atoms with Gasteiger partial charge in [-0.1, -0.05) is 85.0 Å². The number of benzene rings is 1. The molecule has 1 unspecified atom stereocenters. The second-order valence-electron chi connectivity index (χ2n) is 4.45. The zero-order chi connectivity index (χ0) is 10.9. The van der Waals surface area contributed by atoms with E-state index in [2.05, 4.69) is 85.0 Å². The van der Waals surface area contributed by atoms with Crippen LogP contribution in [0.25, 0.3) is 5.57 Å². The molecule has 0 heterocycles. The van der Waals surface area contributed by atoms with E-state index in [0.29, 0.717) is 3.92 Å². The first-order chi connectivity index (χ1) is 7.12. The van der Waals surface area contributed by atoms with Gasteiger partial charge in [0.1, 0.15) is 0 Å². The van der Waals surface area contributed by atoms with E-state index in [-0.39, 0.29) is 5.41 Å². The molecule has 0 N–H and O–H groups in total. The first kappa shape index (κ1) is 10.9. The van der Waals surface area contributed by atoms with Crippen molar-refractivity contribution < 1.29 is 0 Å². The molecule has 1 heteroatoms. The molecule has 1 atom stereocenters. The summed E-state index contributed by atoms with van der Waals surface area (Å²) >= 11 is 2.51. The molecule has 0 spiro atoms. The van der Waals surface area contributed by atoms with Crippen LogP contribution in [0.15, 0.2) is 48.6 Å². The molecule has 2 rings (SSSR count). The van der Waals surface area contributed by atoms with Crippen LogP contribution >= 0.6 is 22.6 Å². The Morgan fingerprint density at radius 3 is 2.47 bits per heavy atom. The standard InChI is InChI=1S/C14H15I/c1-14(2)12(9-6-10-13(14)15)11-7-4-3-5-8-11/h3-10,13H,1-2H3. The molecular formula is C14H15I. The average molecular weight is 310 g/mol. The number of hydrogen-bond donors (Lipinski definition) is 0. The van der Waals surface area contributed by atoms with Crippen molar-refractivity contribution in [1.29, 1.82) is 0 Å². The molecule has 1 aliphatic carbocycles. The molecule has 1 aromatic rings. The Kier molecular flexibility index (Phi) is 3.01. The zero-order valence-corrected chi connectivity index (χ0v) is 11.2. The molecule has 0 saturated carbocycles. The van der Waals surface area contributed by atoms with Gasteiger partial charge in [-0.05, 0) is 11.1 Å². The van der Waals surface area contributed by atoms with Crippen molar-refractivity contribution in [2.24, 2.45) is 5.41 Å². The Balaban J connectivity index is 2.45. The largest absolute Gasteiger partial charge is 0.0771 e. The highest BCUT2D eigenvalue weighted by Crippen LogP contribution is 2.43. The zero-order valence-electron chi connectivity index (χ0n) is 9.07. The number of allylic oxidation sites excluding steroid dienone is 4. The van der Waals surface area contributed by atoms with Gasteiger partial charge in [0.15, 0.2) is 0 Å². The third-order valence-electron chi connectivity index (χ3n) is 3.01. The summed E-state index contributed by atoms with van der Waals surface area (Å²) in [5.74, 6) is 0. The highest BCUT2D eigenvalue weighted by atomic mass is 127. The Labute approximate surface area is 105 Å². The van der Waals surface area contributed by atoms with Crippen LogP contribution in [0.2, 0.25) is 0 Å². The molecule has 0 amide bonds. The van der Waals surface area contributed by atoms with Gasteiger partial charge in [-0.15, -0.1) is 0 Å². The van der Waals surface area contributed by atoms with Crippen molar-refractivity contribution in [3.8, 4) is 0 Å². The van der Waals surface area contributed by atoms with Gasteiger partial charge in [-0.3, -0.25) is 0 Å². The normalized spacial score (nSPS) is 23.7. The first-order valence-corrected chi connectivity index (χ1v) is 6.45. The minimum Gasteiger partial charge on any atom is -0.0771 e. The number of alkyl halides is 1. The van der Waals surface area contributed by atoms with Crippen LogP contribution in [0, 0.1) is 5.41 Å². The monoisotopic (exact) mass is 310 g/mol. The lowest BCUT2D eigenvalue weighted by atomic mass is 9.75. The van der Waals surface area contributed by atoms with Crippen molar-refractivity contribution in [2.75, 3.05) is 0 Å². The summed E-state index contributed by atoms with van der Waals surface area (Å²) in [6.07, 6.45) is 6.68. The molecule has 0 bridgehead atoms. The van der Waals surface area contributed by atoms with Crippen molar-refractivity contribution >= 4 is 28.2 Å².